The van der Waals surface area contributed by atoms with E-state index in [0.717, 1.165) is 12.6 Å². The Morgan fingerprint density at radius 2 is 1.88 bits per heavy atom. The molecule has 0 spiro atoms. The van der Waals surface area contributed by atoms with Crippen molar-refractivity contribution in [2.75, 3.05) is 26.2 Å². The number of likely N-dealkylation sites (tertiary alicyclic amines) is 1. The topological polar surface area (TPSA) is 35.5 Å². The number of hydrogen-bond acceptors (Lipinski definition) is 3. The molecule has 16 heavy (non-hydrogen) atoms. The van der Waals surface area contributed by atoms with Crippen molar-refractivity contribution >= 4 is 0 Å². The van der Waals surface area contributed by atoms with Crippen molar-refractivity contribution in [3.05, 3.63) is 0 Å². The van der Waals surface area contributed by atoms with Crippen molar-refractivity contribution in [3.8, 4) is 0 Å². The quantitative estimate of drug-likeness (QED) is 0.760. The van der Waals surface area contributed by atoms with Crippen LogP contribution in [0.4, 0.5) is 0 Å². The number of hydrogen-bond donors (Lipinski definition) is 2. The van der Waals surface area contributed by atoms with Gasteiger partial charge in [-0.1, -0.05) is 19.3 Å². The molecule has 2 aliphatic rings. The van der Waals surface area contributed by atoms with Crippen molar-refractivity contribution < 1.29 is 5.11 Å². The van der Waals surface area contributed by atoms with Gasteiger partial charge in [-0.25, -0.2) is 0 Å². The first-order valence-corrected chi connectivity index (χ1v) is 6.98. The number of aliphatic hydroxyl groups excluding tert-OH is 1. The van der Waals surface area contributed by atoms with E-state index in [1.807, 2.05) is 0 Å². The smallest absolute Gasteiger partial charge is 0.0556 e. The Kier molecular flexibility index (Phi) is 5.07. The maximum absolute atomic E-state index is 8.84. The summed E-state index contributed by atoms with van der Waals surface area (Å²) >= 11 is 0. The van der Waals surface area contributed by atoms with Gasteiger partial charge >= 0.3 is 0 Å². The predicted octanol–water partition coefficient (Wildman–Crippen LogP) is 1.37. The lowest BCUT2D eigenvalue weighted by Gasteiger charge is -2.40. The largest absolute Gasteiger partial charge is 0.395 e. The number of nitrogens with one attached hydrogen (secondary N) is 1. The molecule has 0 aromatic carbocycles. The molecular formula is C13H26N2O. The SMILES string of the molecule is OCCNC1CCCN(C2CCCCC2)C1. The molecule has 1 aliphatic heterocycles. The van der Waals surface area contributed by atoms with Crippen molar-refractivity contribution in [1.29, 1.82) is 0 Å². The zero-order chi connectivity index (χ0) is 11.2. The molecule has 0 bridgehead atoms. The lowest BCUT2D eigenvalue weighted by molar-refractivity contribution is 0.108. The number of rotatable bonds is 4. The molecule has 1 saturated heterocycles. The summed E-state index contributed by atoms with van der Waals surface area (Å²) < 4.78 is 0. The molecule has 0 aromatic rings. The third-order valence-corrected chi connectivity index (χ3v) is 4.09. The van der Waals surface area contributed by atoms with E-state index in [1.54, 1.807) is 0 Å². The van der Waals surface area contributed by atoms with E-state index < -0.39 is 0 Å². The minimum atomic E-state index is 0.264. The first-order valence-electron chi connectivity index (χ1n) is 6.98. The van der Waals surface area contributed by atoms with Crippen molar-refractivity contribution in [2.24, 2.45) is 0 Å². The number of nitrogens with zero attached hydrogens (tertiary/aromatic N) is 1. The molecule has 1 heterocycles. The number of aliphatic hydroxyl groups is 1. The Bertz CT molecular complexity index is 192. The second-order valence-electron chi connectivity index (χ2n) is 5.30. The zero-order valence-corrected chi connectivity index (χ0v) is 10.3. The van der Waals surface area contributed by atoms with Gasteiger partial charge in [-0.2, -0.15) is 0 Å². The highest BCUT2D eigenvalue weighted by Gasteiger charge is 2.26. The Morgan fingerprint density at radius 3 is 2.62 bits per heavy atom. The Morgan fingerprint density at radius 1 is 1.06 bits per heavy atom. The van der Waals surface area contributed by atoms with E-state index in [1.165, 1.54) is 58.0 Å². The summed E-state index contributed by atoms with van der Waals surface area (Å²) in [5, 5.41) is 12.3. The molecule has 2 N–H and O–H groups in total. The zero-order valence-electron chi connectivity index (χ0n) is 10.3. The van der Waals surface area contributed by atoms with Gasteiger partial charge in [-0.05, 0) is 32.2 Å². The minimum Gasteiger partial charge on any atom is -0.395 e. The molecule has 94 valence electrons. The van der Waals surface area contributed by atoms with Gasteiger partial charge in [0.15, 0.2) is 0 Å². The lowest BCUT2D eigenvalue weighted by atomic mass is 9.92. The van der Waals surface area contributed by atoms with Crippen molar-refractivity contribution in [2.45, 2.75) is 57.0 Å². The van der Waals surface area contributed by atoms with Gasteiger partial charge in [0.1, 0.15) is 0 Å². The molecular weight excluding hydrogens is 200 g/mol. The summed E-state index contributed by atoms with van der Waals surface area (Å²) in [5.41, 5.74) is 0. The van der Waals surface area contributed by atoms with Gasteiger partial charge in [-0.15, -0.1) is 0 Å². The van der Waals surface area contributed by atoms with Gasteiger partial charge in [0.05, 0.1) is 6.61 Å². The average Bonchev–Trinajstić information content (AvgIpc) is 2.38. The van der Waals surface area contributed by atoms with E-state index in [-0.39, 0.29) is 6.61 Å². The standard InChI is InChI=1S/C13H26N2O/c16-10-8-14-12-5-4-9-15(11-12)13-6-2-1-3-7-13/h12-14,16H,1-11H2. The van der Waals surface area contributed by atoms with Crippen LogP contribution < -0.4 is 5.32 Å². The summed E-state index contributed by atoms with van der Waals surface area (Å²) in [4.78, 5) is 2.69. The molecule has 0 aromatic heterocycles. The second kappa shape index (κ2) is 6.58. The molecule has 1 saturated carbocycles. The van der Waals surface area contributed by atoms with Crippen LogP contribution >= 0.6 is 0 Å². The number of piperidine rings is 1. The Balaban J connectivity index is 1.76. The van der Waals surface area contributed by atoms with Crippen LogP contribution in [0.25, 0.3) is 0 Å². The average molecular weight is 226 g/mol. The highest BCUT2D eigenvalue weighted by atomic mass is 16.3. The molecule has 1 atom stereocenters. The molecule has 2 fully saturated rings. The van der Waals surface area contributed by atoms with Crippen LogP contribution in [0, 0.1) is 0 Å². The first kappa shape index (κ1) is 12.3. The molecule has 3 heteroatoms. The fraction of sp³-hybridized carbons (Fsp3) is 1.00. The maximum Gasteiger partial charge on any atom is 0.0556 e. The summed E-state index contributed by atoms with van der Waals surface area (Å²) in [6, 6.07) is 1.47. The van der Waals surface area contributed by atoms with Crippen LogP contribution in [0.1, 0.15) is 44.9 Å². The van der Waals surface area contributed by atoms with Gasteiger partial charge in [0, 0.05) is 25.2 Å². The van der Waals surface area contributed by atoms with Gasteiger partial charge in [0.2, 0.25) is 0 Å². The third-order valence-electron chi connectivity index (χ3n) is 4.09. The van der Waals surface area contributed by atoms with Crippen LogP contribution in [0.2, 0.25) is 0 Å². The van der Waals surface area contributed by atoms with Gasteiger partial charge in [0.25, 0.3) is 0 Å². The monoisotopic (exact) mass is 226 g/mol. The first-order chi connectivity index (χ1) is 7.90. The molecule has 1 aliphatic carbocycles. The van der Waals surface area contributed by atoms with E-state index in [0.29, 0.717) is 6.04 Å². The summed E-state index contributed by atoms with van der Waals surface area (Å²) in [7, 11) is 0. The summed E-state index contributed by atoms with van der Waals surface area (Å²) in [6.07, 6.45) is 9.71. The second-order valence-corrected chi connectivity index (χ2v) is 5.30. The molecule has 2 rings (SSSR count). The normalized spacial score (nSPS) is 29.4. The molecule has 3 nitrogen and oxygen atoms in total. The summed E-state index contributed by atoms with van der Waals surface area (Å²) in [6.45, 7) is 3.51. The van der Waals surface area contributed by atoms with E-state index in [9.17, 15) is 0 Å². The highest BCUT2D eigenvalue weighted by molar-refractivity contribution is 4.84. The molecule has 0 amide bonds. The van der Waals surface area contributed by atoms with Crippen molar-refractivity contribution in [3.63, 3.8) is 0 Å². The minimum absolute atomic E-state index is 0.264. The molecule has 1 unspecified atom stereocenters. The fourth-order valence-electron chi connectivity index (χ4n) is 3.22. The lowest BCUT2D eigenvalue weighted by Crippen LogP contribution is -2.50. The van der Waals surface area contributed by atoms with Gasteiger partial charge < -0.3 is 10.4 Å². The van der Waals surface area contributed by atoms with Crippen LogP contribution in [0.3, 0.4) is 0 Å². The highest BCUT2D eigenvalue weighted by Crippen LogP contribution is 2.25. The van der Waals surface area contributed by atoms with Crippen LogP contribution in [0.15, 0.2) is 0 Å². The van der Waals surface area contributed by atoms with Crippen molar-refractivity contribution in [1.82, 2.24) is 10.2 Å². The fourth-order valence-corrected chi connectivity index (χ4v) is 3.22. The van der Waals surface area contributed by atoms with Crippen LogP contribution in [-0.2, 0) is 0 Å². The van der Waals surface area contributed by atoms with Crippen LogP contribution in [-0.4, -0.2) is 48.3 Å². The summed E-state index contributed by atoms with van der Waals surface area (Å²) in [5.74, 6) is 0. The van der Waals surface area contributed by atoms with E-state index in [2.05, 4.69) is 10.2 Å². The van der Waals surface area contributed by atoms with E-state index in [4.69, 9.17) is 5.11 Å². The maximum atomic E-state index is 8.84. The van der Waals surface area contributed by atoms with Gasteiger partial charge in [-0.3, -0.25) is 4.90 Å². The Hall–Kier alpha value is -0.120. The molecule has 0 radical (unpaired) electrons. The van der Waals surface area contributed by atoms with E-state index >= 15 is 0 Å². The third kappa shape index (κ3) is 3.44. The predicted molar refractivity (Wildman–Crippen MR) is 66.6 cm³/mol. The Labute approximate surface area is 99.2 Å². The van der Waals surface area contributed by atoms with Crippen LogP contribution in [0.5, 0.6) is 0 Å².